The lowest BCUT2D eigenvalue weighted by Gasteiger charge is -2.27. The number of aromatic nitrogens is 1. The maximum atomic E-state index is 12.7. The minimum Gasteiger partial charge on any atom is -0.341 e. The predicted octanol–water partition coefficient (Wildman–Crippen LogP) is 1.91. The van der Waals surface area contributed by atoms with Crippen molar-refractivity contribution in [1.29, 1.82) is 0 Å². The second-order valence-corrected chi connectivity index (χ2v) is 7.57. The average Bonchev–Trinajstić information content (AvgIpc) is 3.34. The molecule has 2 aromatic rings. The van der Waals surface area contributed by atoms with Crippen LogP contribution in [-0.2, 0) is 20.9 Å². The Morgan fingerprint density at radius 3 is 2.66 bits per heavy atom. The number of rotatable bonds is 4. The van der Waals surface area contributed by atoms with Crippen LogP contribution in [-0.4, -0.2) is 56.8 Å². The Kier molecular flexibility index (Phi) is 5.19. The second-order valence-electron chi connectivity index (χ2n) is 7.18. The molecule has 0 saturated carbocycles. The molecule has 29 heavy (non-hydrogen) atoms. The summed E-state index contributed by atoms with van der Waals surface area (Å²) in [6, 6.07) is 7.66. The molecule has 1 aromatic heterocycles. The highest BCUT2D eigenvalue weighted by Crippen LogP contribution is 2.25. The van der Waals surface area contributed by atoms with Crippen LogP contribution in [0.1, 0.15) is 25.3 Å². The van der Waals surface area contributed by atoms with Crippen molar-refractivity contribution in [2.45, 2.75) is 26.3 Å². The molecule has 1 aromatic carbocycles. The van der Waals surface area contributed by atoms with Crippen LogP contribution in [0.5, 0.6) is 0 Å². The van der Waals surface area contributed by atoms with Crippen molar-refractivity contribution in [2.75, 3.05) is 19.6 Å². The van der Waals surface area contributed by atoms with Crippen LogP contribution in [0.4, 0.5) is 0 Å². The highest BCUT2D eigenvalue weighted by atomic mass is 32.1. The fourth-order valence-corrected chi connectivity index (χ4v) is 4.17. The monoisotopic (exact) mass is 410 g/mol. The third-order valence-corrected chi connectivity index (χ3v) is 5.71. The third kappa shape index (κ3) is 3.55. The summed E-state index contributed by atoms with van der Waals surface area (Å²) in [6.45, 7) is 4.01. The van der Waals surface area contributed by atoms with Crippen molar-refractivity contribution in [3.05, 3.63) is 41.6 Å². The minimum atomic E-state index is -0.505. The zero-order valence-electron chi connectivity index (χ0n) is 16.2. The number of hydrogen-bond donors (Lipinski definition) is 1. The lowest BCUT2D eigenvalue weighted by Crippen LogP contribution is -2.53. The molecule has 0 unspecified atom stereocenters. The second kappa shape index (κ2) is 7.79. The number of nitrogens with one attached hydrogen (secondary N) is 1. The number of nitrogens with zero attached hydrogens (tertiary/aromatic N) is 3. The summed E-state index contributed by atoms with van der Waals surface area (Å²) in [7, 11) is 0. The number of likely N-dealkylation sites (N-methyl/N-ethyl adjacent to an activating group) is 1. The molecule has 3 amide bonds. The summed E-state index contributed by atoms with van der Waals surface area (Å²) in [5.74, 6) is -0.836. The molecule has 1 N–H and O–H groups in total. The number of likely N-dealkylation sites (tertiary alicyclic amines) is 1. The highest BCUT2D eigenvalue weighted by Gasteiger charge is 2.32. The summed E-state index contributed by atoms with van der Waals surface area (Å²) in [6.07, 6.45) is 5.50. The van der Waals surface area contributed by atoms with Gasteiger partial charge in [0.25, 0.3) is 11.8 Å². The number of para-hydroxylation sites is 1. The molecular weight excluding hydrogens is 388 g/mol. The standard InChI is InChI=1S/C21H22N4O3S/c1-2-25-20(28)16(19(27)22-21(25)29)11-14-12-24(17-8-4-3-7-15(14)17)13-18(26)23-9-5-6-10-23/h3-4,7-8,11-12H,2,5-6,9-10,13H2,1H3,(H,22,27,29). The first-order valence-electron chi connectivity index (χ1n) is 9.74. The summed E-state index contributed by atoms with van der Waals surface area (Å²) < 4.78 is 1.88. The number of amides is 3. The number of carbonyl (C=O) groups is 3. The Hall–Kier alpha value is -3.00. The third-order valence-electron chi connectivity index (χ3n) is 5.39. The number of carbonyl (C=O) groups excluding carboxylic acids is 3. The predicted molar refractivity (Wildman–Crippen MR) is 114 cm³/mol. The van der Waals surface area contributed by atoms with E-state index in [1.54, 1.807) is 13.0 Å². The molecule has 0 aliphatic carbocycles. The van der Waals surface area contributed by atoms with Crippen LogP contribution in [0.2, 0.25) is 0 Å². The Balaban J connectivity index is 1.71. The van der Waals surface area contributed by atoms with E-state index >= 15 is 0 Å². The van der Waals surface area contributed by atoms with E-state index in [2.05, 4.69) is 5.32 Å². The Bertz CT molecular complexity index is 1050. The van der Waals surface area contributed by atoms with Gasteiger partial charge in [0.1, 0.15) is 12.1 Å². The first-order valence-corrected chi connectivity index (χ1v) is 10.1. The zero-order chi connectivity index (χ0) is 20.5. The smallest absolute Gasteiger partial charge is 0.265 e. The Labute approximate surface area is 173 Å². The fraction of sp³-hybridized carbons (Fsp3) is 0.333. The topological polar surface area (TPSA) is 74.7 Å². The van der Waals surface area contributed by atoms with E-state index in [1.807, 2.05) is 39.9 Å². The van der Waals surface area contributed by atoms with Gasteiger partial charge in [-0.1, -0.05) is 18.2 Å². The van der Waals surface area contributed by atoms with E-state index in [-0.39, 0.29) is 23.1 Å². The Morgan fingerprint density at radius 2 is 1.93 bits per heavy atom. The number of fused-ring (bicyclic) bond motifs is 1. The number of hydrogen-bond acceptors (Lipinski definition) is 4. The van der Waals surface area contributed by atoms with Gasteiger partial charge < -0.3 is 9.47 Å². The molecule has 0 radical (unpaired) electrons. The van der Waals surface area contributed by atoms with Crippen LogP contribution in [0.25, 0.3) is 17.0 Å². The fourth-order valence-electron chi connectivity index (χ4n) is 3.87. The van der Waals surface area contributed by atoms with Crippen molar-refractivity contribution in [3.8, 4) is 0 Å². The van der Waals surface area contributed by atoms with Gasteiger partial charge in [-0.05, 0) is 44.1 Å². The van der Waals surface area contributed by atoms with E-state index < -0.39 is 11.8 Å². The molecule has 0 bridgehead atoms. The van der Waals surface area contributed by atoms with Gasteiger partial charge >= 0.3 is 0 Å². The molecule has 150 valence electrons. The average molecular weight is 410 g/mol. The lowest BCUT2D eigenvalue weighted by atomic mass is 10.1. The van der Waals surface area contributed by atoms with Gasteiger partial charge in [0.2, 0.25) is 5.91 Å². The summed E-state index contributed by atoms with van der Waals surface area (Å²) in [5.41, 5.74) is 1.64. The van der Waals surface area contributed by atoms with Crippen molar-refractivity contribution in [1.82, 2.24) is 19.7 Å². The SMILES string of the molecule is CCN1C(=O)C(=Cc2cn(CC(=O)N3CCCC3)c3ccccc23)C(=O)NC1=S. The first-order chi connectivity index (χ1) is 14.0. The summed E-state index contributed by atoms with van der Waals surface area (Å²) in [4.78, 5) is 41.0. The number of benzene rings is 1. The minimum absolute atomic E-state index is 0.0363. The van der Waals surface area contributed by atoms with Crippen molar-refractivity contribution in [3.63, 3.8) is 0 Å². The van der Waals surface area contributed by atoms with Gasteiger partial charge in [-0.25, -0.2) is 0 Å². The molecule has 7 nitrogen and oxygen atoms in total. The molecule has 0 spiro atoms. The lowest BCUT2D eigenvalue weighted by molar-refractivity contribution is -0.131. The molecule has 2 fully saturated rings. The number of thiocarbonyl (C=S) groups is 1. The van der Waals surface area contributed by atoms with Gasteiger partial charge in [0, 0.05) is 42.3 Å². The first kappa shape index (κ1) is 19.3. The molecule has 2 aliphatic heterocycles. The van der Waals surface area contributed by atoms with Gasteiger partial charge in [-0.3, -0.25) is 24.6 Å². The van der Waals surface area contributed by atoms with Crippen molar-refractivity contribution >= 4 is 52.0 Å². The molecule has 3 heterocycles. The maximum absolute atomic E-state index is 12.7. The molecule has 4 rings (SSSR count). The van der Waals surface area contributed by atoms with E-state index in [4.69, 9.17) is 12.2 Å². The van der Waals surface area contributed by atoms with Crippen LogP contribution in [0, 0.1) is 0 Å². The van der Waals surface area contributed by atoms with Gasteiger partial charge in [-0.2, -0.15) is 0 Å². The van der Waals surface area contributed by atoms with Crippen molar-refractivity contribution in [2.24, 2.45) is 0 Å². The largest absolute Gasteiger partial charge is 0.341 e. The summed E-state index contributed by atoms with van der Waals surface area (Å²) in [5, 5.41) is 3.57. The van der Waals surface area contributed by atoms with Crippen LogP contribution >= 0.6 is 12.2 Å². The van der Waals surface area contributed by atoms with Gasteiger partial charge in [-0.15, -0.1) is 0 Å². The van der Waals surface area contributed by atoms with Gasteiger partial charge in [0.05, 0.1) is 0 Å². The molecule has 8 heteroatoms. The maximum Gasteiger partial charge on any atom is 0.265 e. The molecular formula is C21H22N4O3S. The summed E-state index contributed by atoms with van der Waals surface area (Å²) >= 11 is 5.08. The van der Waals surface area contributed by atoms with E-state index in [1.165, 1.54) is 4.90 Å². The van der Waals surface area contributed by atoms with Gasteiger partial charge in [0.15, 0.2) is 5.11 Å². The van der Waals surface area contributed by atoms with Crippen LogP contribution < -0.4 is 5.32 Å². The van der Waals surface area contributed by atoms with Crippen LogP contribution in [0.3, 0.4) is 0 Å². The van der Waals surface area contributed by atoms with E-state index in [9.17, 15) is 14.4 Å². The Morgan fingerprint density at radius 1 is 1.21 bits per heavy atom. The highest BCUT2D eigenvalue weighted by molar-refractivity contribution is 7.80. The zero-order valence-corrected chi connectivity index (χ0v) is 17.0. The van der Waals surface area contributed by atoms with Crippen molar-refractivity contribution < 1.29 is 14.4 Å². The molecule has 2 saturated heterocycles. The molecule has 0 atom stereocenters. The van der Waals surface area contributed by atoms with Crippen LogP contribution in [0.15, 0.2) is 36.0 Å². The van der Waals surface area contributed by atoms with E-state index in [0.29, 0.717) is 6.54 Å². The normalized spacial score (nSPS) is 18.8. The molecule has 2 aliphatic rings. The van der Waals surface area contributed by atoms with E-state index in [0.717, 1.165) is 42.4 Å². The quantitative estimate of drug-likeness (QED) is 0.475.